The van der Waals surface area contributed by atoms with E-state index in [9.17, 15) is 8.78 Å². The maximum atomic E-state index is 15.3. The van der Waals surface area contributed by atoms with Gasteiger partial charge in [-0.3, -0.25) is 0 Å². The minimum atomic E-state index is -0.848. The van der Waals surface area contributed by atoms with Gasteiger partial charge >= 0.3 is 0 Å². The fourth-order valence-electron chi connectivity index (χ4n) is 5.94. The highest BCUT2D eigenvalue weighted by atomic mass is 19.2. The molecule has 42 heavy (non-hydrogen) atoms. The summed E-state index contributed by atoms with van der Waals surface area (Å²) in [7, 11) is 0. The maximum absolute atomic E-state index is 15.3. The van der Waals surface area contributed by atoms with Crippen LogP contribution in [0.4, 0.5) is 13.2 Å². The van der Waals surface area contributed by atoms with Crippen LogP contribution in [0.2, 0.25) is 0 Å². The minimum Gasteiger partial charge on any atom is -0.378 e. The molecule has 2 atom stereocenters. The van der Waals surface area contributed by atoms with E-state index in [-0.39, 0.29) is 17.3 Å². The minimum absolute atomic E-state index is 0.207. The molecule has 0 N–H and O–H groups in total. The van der Waals surface area contributed by atoms with Gasteiger partial charge < -0.3 is 4.74 Å². The molecule has 4 heteroatoms. The Morgan fingerprint density at radius 3 is 2.07 bits per heavy atom. The zero-order valence-corrected chi connectivity index (χ0v) is 25.4. The average molecular weight is 577 g/mol. The van der Waals surface area contributed by atoms with Gasteiger partial charge in [-0.25, -0.2) is 13.2 Å². The summed E-state index contributed by atoms with van der Waals surface area (Å²) in [4.78, 5) is 0. The van der Waals surface area contributed by atoms with Crippen LogP contribution in [0.3, 0.4) is 0 Å². The molecular formula is C38H47F3O. The number of hydrogen-bond acceptors (Lipinski definition) is 1. The van der Waals surface area contributed by atoms with E-state index >= 15 is 4.39 Å². The lowest BCUT2D eigenvalue weighted by Crippen LogP contribution is -2.24. The molecule has 1 heterocycles. The summed E-state index contributed by atoms with van der Waals surface area (Å²) in [5, 5.41) is 0. The molecule has 0 aromatic heterocycles. The van der Waals surface area contributed by atoms with Crippen molar-refractivity contribution in [2.24, 2.45) is 0 Å². The van der Waals surface area contributed by atoms with Crippen molar-refractivity contribution in [3.63, 3.8) is 0 Å². The fourth-order valence-corrected chi connectivity index (χ4v) is 5.94. The second kappa shape index (κ2) is 16.7. The van der Waals surface area contributed by atoms with Crippen LogP contribution in [0, 0.1) is 17.5 Å². The van der Waals surface area contributed by atoms with E-state index in [1.807, 2.05) is 24.3 Å². The van der Waals surface area contributed by atoms with Crippen molar-refractivity contribution in [2.45, 2.75) is 109 Å². The first-order valence-corrected chi connectivity index (χ1v) is 16.2. The molecule has 0 saturated carbocycles. The topological polar surface area (TPSA) is 9.23 Å². The van der Waals surface area contributed by atoms with Gasteiger partial charge in [-0.1, -0.05) is 126 Å². The Morgan fingerprint density at radius 1 is 0.714 bits per heavy atom. The van der Waals surface area contributed by atoms with Crippen molar-refractivity contribution in [3.8, 4) is 22.3 Å². The summed E-state index contributed by atoms with van der Waals surface area (Å²) in [6, 6.07) is 15.7. The maximum Gasteiger partial charge on any atom is 0.166 e. The van der Waals surface area contributed by atoms with Crippen molar-refractivity contribution < 1.29 is 17.9 Å². The van der Waals surface area contributed by atoms with Crippen LogP contribution in [-0.2, 0) is 11.2 Å². The first-order valence-electron chi connectivity index (χ1n) is 16.2. The van der Waals surface area contributed by atoms with Gasteiger partial charge in [-0.05, 0) is 60.4 Å². The van der Waals surface area contributed by atoms with Crippen LogP contribution in [0.25, 0.3) is 22.3 Å². The lowest BCUT2D eigenvalue weighted by atomic mass is 9.89. The van der Waals surface area contributed by atoms with E-state index in [1.54, 1.807) is 42.5 Å². The van der Waals surface area contributed by atoms with Crippen LogP contribution in [0.5, 0.6) is 0 Å². The van der Waals surface area contributed by atoms with Gasteiger partial charge in [-0.2, -0.15) is 0 Å². The summed E-state index contributed by atoms with van der Waals surface area (Å²) in [6.45, 7) is 4.97. The zero-order chi connectivity index (χ0) is 29.7. The number of hydrogen-bond donors (Lipinski definition) is 0. The molecule has 3 aromatic rings. The van der Waals surface area contributed by atoms with E-state index in [0.717, 1.165) is 37.7 Å². The molecule has 1 saturated heterocycles. The van der Waals surface area contributed by atoms with E-state index in [0.29, 0.717) is 41.4 Å². The molecule has 0 radical (unpaired) electrons. The fraction of sp³-hybridized carbons (Fsp3) is 0.474. The van der Waals surface area contributed by atoms with Gasteiger partial charge in [0.2, 0.25) is 0 Å². The summed E-state index contributed by atoms with van der Waals surface area (Å²) in [5.41, 5.74) is 3.29. The lowest BCUT2D eigenvalue weighted by Gasteiger charge is -2.29. The molecule has 1 aliphatic rings. The van der Waals surface area contributed by atoms with Crippen molar-refractivity contribution in [1.82, 2.24) is 0 Å². The first kappa shape index (κ1) is 32.1. The highest BCUT2D eigenvalue weighted by Crippen LogP contribution is 2.34. The summed E-state index contributed by atoms with van der Waals surface area (Å²) < 4.78 is 51.1. The third-order valence-corrected chi connectivity index (χ3v) is 8.59. The molecule has 1 aliphatic heterocycles. The van der Waals surface area contributed by atoms with Gasteiger partial charge in [0, 0.05) is 17.0 Å². The van der Waals surface area contributed by atoms with Crippen molar-refractivity contribution in [1.29, 1.82) is 0 Å². The molecular weight excluding hydrogens is 529 g/mol. The van der Waals surface area contributed by atoms with Crippen LogP contribution >= 0.6 is 0 Å². The Kier molecular flexibility index (Phi) is 12.8. The Balaban J connectivity index is 1.32. The van der Waals surface area contributed by atoms with Crippen molar-refractivity contribution in [2.75, 3.05) is 6.61 Å². The molecule has 226 valence electrons. The predicted molar refractivity (Wildman–Crippen MR) is 169 cm³/mol. The quantitative estimate of drug-likeness (QED) is 0.129. The second-order valence-electron chi connectivity index (χ2n) is 11.8. The van der Waals surface area contributed by atoms with Gasteiger partial charge in [0.15, 0.2) is 11.6 Å². The average Bonchev–Trinajstić information content (AvgIpc) is 3.01. The SMILES string of the molecule is CCCC=CCc1ccc(-c2ccc(-c3ccc(C4CCC(CCCCCCCCC)OC4)cc3F)cc2)c(F)c1F. The van der Waals surface area contributed by atoms with Crippen LogP contribution in [-0.4, -0.2) is 12.7 Å². The van der Waals surface area contributed by atoms with Crippen molar-refractivity contribution in [3.05, 3.63) is 95.3 Å². The van der Waals surface area contributed by atoms with Gasteiger partial charge in [0.05, 0.1) is 12.7 Å². The number of allylic oxidation sites excluding steroid dienone is 2. The molecule has 0 bridgehead atoms. The van der Waals surface area contributed by atoms with Crippen LogP contribution in [0.1, 0.15) is 108 Å². The van der Waals surface area contributed by atoms with Gasteiger partial charge in [0.1, 0.15) is 5.82 Å². The third kappa shape index (κ3) is 8.83. The Bertz CT molecular complexity index is 1270. The molecule has 3 aromatic carbocycles. The van der Waals surface area contributed by atoms with Gasteiger partial charge in [0.25, 0.3) is 0 Å². The smallest absolute Gasteiger partial charge is 0.166 e. The molecule has 2 unspecified atom stereocenters. The Hall–Kier alpha value is -2.85. The summed E-state index contributed by atoms with van der Waals surface area (Å²) in [5.74, 6) is -1.72. The third-order valence-electron chi connectivity index (χ3n) is 8.59. The molecule has 0 aliphatic carbocycles. The highest BCUT2D eigenvalue weighted by Gasteiger charge is 2.23. The highest BCUT2D eigenvalue weighted by molar-refractivity contribution is 5.71. The Labute approximate surface area is 251 Å². The number of rotatable bonds is 15. The summed E-state index contributed by atoms with van der Waals surface area (Å²) in [6.07, 6.45) is 18.9. The number of benzene rings is 3. The Morgan fingerprint density at radius 2 is 1.40 bits per heavy atom. The largest absolute Gasteiger partial charge is 0.378 e. The lowest BCUT2D eigenvalue weighted by molar-refractivity contribution is -0.00217. The van der Waals surface area contributed by atoms with Crippen molar-refractivity contribution >= 4 is 0 Å². The molecule has 1 nitrogen and oxygen atoms in total. The standard InChI is InChI=1S/C38H47F3O/c1-3-5-7-9-10-11-13-15-33-23-20-32(27-42-33)31-22-24-34(36(39)26-31)28-16-18-29(19-17-28)35-25-21-30(37(40)38(35)41)14-12-8-6-4-2/h8,12,16-19,21-22,24-26,32-33H,3-7,9-11,13-15,20,23,27H2,1-2H3. The normalized spacial score (nSPS) is 17.3. The predicted octanol–water partition coefficient (Wildman–Crippen LogP) is 11.7. The van der Waals surface area contributed by atoms with E-state index in [1.165, 1.54) is 44.9 Å². The summed E-state index contributed by atoms with van der Waals surface area (Å²) >= 11 is 0. The number of unbranched alkanes of at least 4 members (excludes halogenated alkanes) is 7. The number of halogens is 3. The molecule has 1 fully saturated rings. The van der Waals surface area contributed by atoms with Gasteiger partial charge in [-0.15, -0.1) is 0 Å². The van der Waals surface area contributed by atoms with Crippen LogP contribution < -0.4 is 0 Å². The molecule has 0 amide bonds. The zero-order valence-electron chi connectivity index (χ0n) is 25.4. The molecule has 4 rings (SSSR count). The molecule has 0 spiro atoms. The number of ether oxygens (including phenoxy) is 1. The first-order chi connectivity index (χ1) is 20.5. The van der Waals surface area contributed by atoms with Crippen LogP contribution in [0.15, 0.2) is 66.7 Å². The second-order valence-corrected chi connectivity index (χ2v) is 11.8. The van der Waals surface area contributed by atoms with E-state index < -0.39 is 11.6 Å². The van der Waals surface area contributed by atoms with E-state index in [4.69, 9.17) is 4.74 Å². The van der Waals surface area contributed by atoms with E-state index in [2.05, 4.69) is 13.8 Å². The monoisotopic (exact) mass is 576 g/mol.